The van der Waals surface area contributed by atoms with E-state index in [-0.39, 0.29) is 29.1 Å². The van der Waals surface area contributed by atoms with Gasteiger partial charge >= 0.3 is 0 Å². The molecular formula is C24H28FN3O2. The smallest absolute Gasteiger partial charge is 0.243 e. The van der Waals surface area contributed by atoms with E-state index in [4.69, 9.17) is 0 Å². The van der Waals surface area contributed by atoms with Crippen molar-refractivity contribution in [1.82, 2.24) is 9.80 Å². The standard InChI is InChI=1S/C24H28FN3O2/c1-24(2,3)13-22(29)28-11-10-27-14-17-12-16(18-6-4-5-7-19(18)25)8-9-20(17)26-23(30)21(27)15-28/h4-9,12,21H,10-11,13-15H2,1-3H3,(H,26,30). The zero-order chi connectivity index (χ0) is 21.5. The highest BCUT2D eigenvalue weighted by molar-refractivity contribution is 5.97. The summed E-state index contributed by atoms with van der Waals surface area (Å²) < 4.78 is 14.2. The Kier molecular flexibility index (Phi) is 5.36. The fourth-order valence-electron chi connectivity index (χ4n) is 4.19. The summed E-state index contributed by atoms with van der Waals surface area (Å²) in [4.78, 5) is 29.5. The average molecular weight is 410 g/mol. The maximum absolute atomic E-state index is 14.2. The van der Waals surface area contributed by atoms with Crippen molar-refractivity contribution in [2.45, 2.75) is 39.8 Å². The van der Waals surface area contributed by atoms with Gasteiger partial charge in [0.1, 0.15) is 11.9 Å². The Labute approximate surface area is 176 Å². The second-order valence-electron chi connectivity index (χ2n) is 9.40. The molecule has 1 saturated heterocycles. The van der Waals surface area contributed by atoms with E-state index in [2.05, 4.69) is 10.2 Å². The molecule has 0 saturated carbocycles. The molecule has 2 aromatic carbocycles. The quantitative estimate of drug-likeness (QED) is 0.819. The lowest BCUT2D eigenvalue weighted by Gasteiger charge is -2.40. The molecule has 2 aromatic rings. The number of nitrogens with one attached hydrogen (secondary N) is 1. The Bertz CT molecular complexity index is 983. The summed E-state index contributed by atoms with van der Waals surface area (Å²) in [6.07, 6.45) is 0.466. The molecule has 1 atom stereocenters. The molecule has 0 aromatic heterocycles. The van der Waals surface area contributed by atoms with Crippen LogP contribution in [0.3, 0.4) is 0 Å². The molecule has 0 aliphatic carbocycles. The Morgan fingerprint density at radius 2 is 1.93 bits per heavy atom. The van der Waals surface area contributed by atoms with Crippen molar-refractivity contribution in [3.8, 4) is 11.1 Å². The van der Waals surface area contributed by atoms with Crippen LogP contribution in [0.5, 0.6) is 0 Å². The molecular weight excluding hydrogens is 381 g/mol. The number of amides is 2. The van der Waals surface area contributed by atoms with Crippen LogP contribution in [-0.2, 0) is 16.1 Å². The van der Waals surface area contributed by atoms with Crippen LogP contribution in [0.2, 0.25) is 0 Å². The summed E-state index contributed by atoms with van der Waals surface area (Å²) in [6.45, 7) is 8.37. The highest BCUT2D eigenvalue weighted by Crippen LogP contribution is 2.31. The van der Waals surface area contributed by atoms with Crippen molar-refractivity contribution in [2.24, 2.45) is 5.41 Å². The van der Waals surface area contributed by atoms with E-state index < -0.39 is 0 Å². The first-order chi connectivity index (χ1) is 14.2. The lowest BCUT2D eigenvalue weighted by molar-refractivity contribution is -0.138. The number of nitrogens with zero attached hydrogens (tertiary/aromatic N) is 2. The summed E-state index contributed by atoms with van der Waals surface area (Å²) in [6, 6.07) is 11.9. The van der Waals surface area contributed by atoms with Gasteiger partial charge in [0, 0.05) is 43.9 Å². The maximum atomic E-state index is 14.2. The SMILES string of the molecule is CC(C)(C)CC(=O)N1CCN2Cc3cc(-c4ccccc4F)ccc3NC(=O)C2C1. The van der Waals surface area contributed by atoms with Crippen molar-refractivity contribution >= 4 is 17.5 Å². The second kappa shape index (κ2) is 7.84. The first-order valence-electron chi connectivity index (χ1n) is 10.4. The number of piperazine rings is 1. The molecule has 1 fully saturated rings. The number of fused-ring (bicyclic) bond motifs is 2. The number of hydrogen-bond donors (Lipinski definition) is 1. The van der Waals surface area contributed by atoms with E-state index in [1.54, 1.807) is 12.1 Å². The second-order valence-corrected chi connectivity index (χ2v) is 9.40. The van der Waals surface area contributed by atoms with Gasteiger partial charge in [0.15, 0.2) is 0 Å². The third kappa shape index (κ3) is 4.24. The zero-order valence-electron chi connectivity index (χ0n) is 17.7. The summed E-state index contributed by atoms with van der Waals surface area (Å²) >= 11 is 0. The third-order valence-corrected chi connectivity index (χ3v) is 5.75. The number of rotatable bonds is 2. The van der Waals surface area contributed by atoms with Crippen molar-refractivity contribution in [2.75, 3.05) is 25.0 Å². The molecule has 30 heavy (non-hydrogen) atoms. The average Bonchev–Trinajstić information content (AvgIpc) is 2.82. The van der Waals surface area contributed by atoms with Gasteiger partial charge in [-0.15, -0.1) is 0 Å². The fraction of sp³-hybridized carbons (Fsp3) is 0.417. The van der Waals surface area contributed by atoms with Gasteiger partial charge in [0.25, 0.3) is 0 Å². The Morgan fingerprint density at radius 1 is 1.17 bits per heavy atom. The van der Waals surface area contributed by atoms with Gasteiger partial charge in [0.05, 0.1) is 0 Å². The predicted molar refractivity (Wildman–Crippen MR) is 115 cm³/mol. The van der Waals surface area contributed by atoms with Crippen LogP contribution in [0.4, 0.5) is 10.1 Å². The predicted octanol–water partition coefficient (Wildman–Crippen LogP) is 3.89. The van der Waals surface area contributed by atoms with Crippen LogP contribution in [0.25, 0.3) is 11.1 Å². The van der Waals surface area contributed by atoms with E-state index in [0.29, 0.717) is 38.2 Å². The van der Waals surface area contributed by atoms with Gasteiger partial charge in [0.2, 0.25) is 11.8 Å². The van der Waals surface area contributed by atoms with Gasteiger partial charge in [-0.2, -0.15) is 0 Å². The highest BCUT2D eigenvalue weighted by Gasteiger charge is 2.37. The van der Waals surface area contributed by atoms with Gasteiger partial charge in [-0.05, 0) is 34.7 Å². The number of hydrogen-bond acceptors (Lipinski definition) is 3. The summed E-state index contributed by atoms with van der Waals surface area (Å²) in [5.41, 5.74) is 2.96. The number of carbonyl (C=O) groups is 2. The molecule has 5 nitrogen and oxygen atoms in total. The minimum absolute atomic E-state index is 0.0840. The Morgan fingerprint density at radius 3 is 2.67 bits per heavy atom. The van der Waals surface area contributed by atoms with Crippen LogP contribution in [-0.4, -0.2) is 47.3 Å². The number of carbonyl (C=O) groups excluding carboxylic acids is 2. The van der Waals surface area contributed by atoms with E-state index in [1.807, 2.05) is 49.9 Å². The van der Waals surface area contributed by atoms with E-state index >= 15 is 0 Å². The third-order valence-electron chi connectivity index (χ3n) is 5.75. The lowest BCUT2D eigenvalue weighted by atomic mass is 9.91. The fourth-order valence-corrected chi connectivity index (χ4v) is 4.19. The lowest BCUT2D eigenvalue weighted by Crippen LogP contribution is -2.57. The maximum Gasteiger partial charge on any atom is 0.243 e. The van der Waals surface area contributed by atoms with Crippen LogP contribution in [0.15, 0.2) is 42.5 Å². The normalized spacial score (nSPS) is 19.5. The van der Waals surface area contributed by atoms with Gasteiger partial charge in [-0.1, -0.05) is 45.0 Å². The van der Waals surface area contributed by atoms with Crippen LogP contribution in [0.1, 0.15) is 32.8 Å². The van der Waals surface area contributed by atoms with Gasteiger partial charge < -0.3 is 10.2 Å². The zero-order valence-corrected chi connectivity index (χ0v) is 17.7. The minimum atomic E-state index is -0.382. The van der Waals surface area contributed by atoms with E-state index in [1.165, 1.54) is 6.07 Å². The molecule has 1 N–H and O–H groups in total. The molecule has 0 radical (unpaired) electrons. The summed E-state index contributed by atoms with van der Waals surface area (Å²) in [5, 5.41) is 3.01. The van der Waals surface area contributed by atoms with Crippen molar-refractivity contribution in [3.05, 3.63) is 53.8 Å². The Balaban J connectivity index is 1.56. The molecule has 158 valence electrons. The number of benzene rings is 2. The first kappa shape index (κ1) is 20.5. The molecule has 2 amide bonds. The molecule has 2 aliphatic rings. The Hall–Kier alpha value is -2.73. The summed E-state index contributed by atoms with van der Waals surface area (Å²) in [5.74, 6) is -0.266. The van der Waals surface area contributed by atoms with Crippen LogP contribution in [0, 0.1) is 11.2 Å². The summed E-state index contributed by atoms with van der Waals surface area (Å²) in [7, 11) is 0. The molecule has 2 aliphatic heterocycles. The van der Waals surface area contributed by atoms with Crippen LogP contribution >= 0.6 is 0 Å². The largest absolute Gasteiger partial charge is 0.339 e. The van der Waals surface area contributed by atoms with Crippen molar-refractivity contribution < 1.29 is 14.0 Å². The molecule has 0 spiro atoms. The van der Waals surface area contributed by atoms with Crippen LogP contribution < -0.4 is 5.32 Å². The molecule has 0 bridgehead atoms. The highest BCUT2D eigenvalue weighted by atomic mass is 19.1. The number of halogens is 1. The molecule has 1 unspecified atom stereocenters. The minimum Gasteiger partial charge on any atom is -0.339 e. The van der Waals surface area contributed by atoms with Gasteiger partial charge in [-0.25, -0.2) is 4.39 Å². The number of anilines is 1. The topological polar surface area (TPSA) is 52.7 Å². The molecule has 6 heteroatoms. The van der Waals surface area contributed by atoms with E-state index in [0.717, 1.165) is 16.8 Å². The monoisotopic (exact) mass is 409 g/mol. The first-order valence-corrected chi connectivity index (χ1v) is 10.4. The van der Waals surface area contributed by atoms with E-state index in [9.17, 15) is 14.0 Å². The van der Waals surface area contributed by atoms with Gasteiger partial charge in [-0.3, -0.25) is 14.5 Å². The molecule has 2 heterocycles. The molecule has 4 rings (SSSR count). The van der Waals surface area contributed by atoms with Crippen molar-refractivity contribution in [1.29, 1.82) is 0 Å². The van der Waals surface area contributed by atoms with Crippen molar-refractivity contribution in [3.63, 3.8) is 0 Å².